The predicted octanol–water partition coefficient (Wildman–Crippen LogP) is 3.41. The Hall–Kier alpha value is -1.87. The van der Waals surface area contributed by atoms with Crippen LogP contribution in [-0.2, 0) is 6.42 Å². The van der Waals surface area contributed by atoms with Gasteiger partial charge in [-0.2, -0.15) is 0 Å². The van der Waals surface area contributed by atoms with Crippen LogP contribution in [0.15, 0.2) is 54.6 Å². The second-order valence-electron chi connectivity index (χ2n) is 4.49. The van der Waals surface area contributed by atoms with Crippen molar-refractivity contribution in [3.05, 3.63) is 71.5 Å². The quantitative estimate of drug-likeness (QED) is 0.841. The van der Waals surface area contributed by atoms with Crippen LogP contribution in [0.2, 0.25) is 0 Å². The number of halogens is 2. The van der Waals surface area contributed by atoms with Crippen molar-refractivity contribution in [3.63, 3.8) is 0 Å². The molecule has 0 spiro atoms. The van der Waals surface area contributed by atoms with E-state index in [1.807, 2.05) is 30.3 Å². The van der Waals surface area contributed by atoms with E-state index in [-0.39, 0.29) is 17.5 Å². The standard InChI is InChI=1S/C16H15ClFNO/c17-11-13(10-12-6-2-1-3-7-12)19-16(20)14-8-4-5-9-15(14)18/h1-9,13H,10-11H2,(H,19,20)/t13-/m0/s1. The summed E-state index contributed by atoms with van der Waals surface area (Å²) in [5.74, 6) is -0.697. The molecule has 0 fully saturated rings. The summed E-state index contributed by atoms with van der Waals surface area (Å²) in [6.45, 7) is 0. The number of hydrogen-bond donors (Lipinski definition) is 1. The molecular formula is C16H15ClFNO. The molecule has 2 rings (SSSR count). The van der Waals surface area contributed by atoms with Crippen LogP contribution in [0.3, 0.4) is 0 Å². The van der Waals surface area contributed by atoms with Gasteiger partial charge in [0, 0.05) is 11.9 Å². The van der Waals surface area contributed by atoms with Gasteiger partial charge < -0.3 is 5.32 Å². The number of amides is 1. The number of benzene rings is 2. The van der Waals surface area contributed by atoms with Crippen LogP contribution in [0.25, 0.3) is 0 Å². The summed E-state index contributed by atoms with van der Waals surface area (Å²) < 4.78 is 13.5. The minimum Gasteiger partial charge on any atom is -0.348 e. The lowest BCUT2D eigenvalue weighted by Gasteiger charge is -2.16. The predicted molar refractivity (Wildman–Crippen MR) is 78.5 cm³/mol. The van der Waals surface area contributed by atoms with Crippen molar-refractivity contribution < 1.29 is 9.18 Å². The molecule has 0 bridgehead atoms. The molecule has 4 heteroatoms. The Bertz CT molecular complexity index is 574. The number of alkyl halides is 1. The molecule has 0 aromatic heterocycles. The molecule has 0 aliphatic heterocycles. The molecule has 0 radical (unpaired) electrons. The van der Waals surface area contributed by atoms with Crippen molar-refractivity contribution in [1.82, 2.24) is 5.32 Å². The molecule has 0 aliphatic carbocycles. The van der Waals surface area contributed by atoms with Crippen LogP contribution < -0.4 is 5.32 Å². The average Bonchev–Trinajstić information content (AvgIpc) is 2.48. The molecule has 1 amide bonds. The van der Waals surface area contributed by atoms with Gasteiger partial charge in [0.1, 0.15) is 5.82 Å². The zero-order valence-corrected chi connectivity index (χ0v) is 11.6. The normalized spacial score (nSPS) is 11.9. The largest absolute Gasteiger partial charge is 0.348 e. The Morgan fingerprint density at radius 3 is 2.40 bits per heavy atom. The second kappa shape index (κ2) is 7.06. The van der Waals surface area contributed by atoms with Crippen molar-refractivity contribution in [2.45, 2.75) is 12.5 Å². The van der Waals surface area contributed by atoms with Crippen LogP contribution in [0.1, 0.15) is 15.9 Å². The highest BCUT2D eigenvalue weighted by Gasteiger charge is 2.16. The molecular weight excluding hydrogens is 277 g/mol. The lowest BCUT2D eigenvalue weighted by Crippen LogP contribution is -2.38. The van der Waals surface area contributed by atoms with Gasteiger partial charge in [0.25, 0.3) is 5.91 Å². The maximum Gasteiger partial charge on any atom is 0.254 e. The third-order valence-corrected chi connectivity index (χ3v) is 3.34. The molecule has 1 atom stereocenters. The van der Waals surface area contributed by atoms with Gasteiger partial charge >= 0.3 is 0 Å². The minimum atomic E-state index is -0.530. The molecule has 0 aliphatic rings. The summed E-state index contributed by atoms with van der Waals surface area (Å²) in [4.78, 5) is 12.0. The lowest BCUT2D eigenvalue weighted by atomic mass is 10.1. The molecule has 0 unspecified atom stereocenters. The summed E-state index contributed by atoms with van der Waals surface area (Å²) in [6, 6.07) is 15.4. The van der Waals surface area contributed by atoms with Crippen LogP contribution in [-0.4, -0.2) is 17.8 Å². The van der Waals surface area contributed by atoms with Crippen LogP contribution in [0.5, 0.6) is 0 Å². The molecule has 0 saturated carbocycles. The zero-order valence-electron chi connectivity index (χ0n) is 10.9. The lowest BCUT2D eigenvalue weighted by molar-refractivity contribution is 0.0936. The van der Waals surface area contributed by atoms with Gasteiger partial charge in [-0.15, -0.1) is 11.6 Å². The number of carbonyl (C=O) groups is 1. The molecule has 20 heavy (non-hydrogen) atoms. The van der Waals surface area contributed by atoms with Gasteiger partial charge in [-0.05, 0) is 24.1 Å². The Balaban J connectivity index is 2.03. The van der Waals surface area contributed by atoms with E-state index in [0.717, 1.165) is 5.56 Å². The highest BCUT2D eigenvalue weighted by Crippen LogP contribution is 2.09. The first-order valence-corrected chi connectivity index (χ1v) is 6.89. The number of hydrogen-bond acceptors (Lipinski definition) is 1. The van der Waals surface area contributed by atoms with E-state index in [1.54, 1.807) is 12.1 Å². The van der Waals surface area contributed by atoms with Crippen LogP contribution >= 0.6 is 11.6 Å². The monoisotopic (exact) mass is 291 g/mol. The third-order valence-electron chi connectivity index (χ3n) is 2.96. The van der Waals surface area contributed by atoms with E-state index in [2.05, 4.69) is 5.32 Å². The highest BCUT2D eigenvalue weighted by molar-refractivity contribution is 6.18. The van der Waals surface area contributed by atoms with Gasteiger partial charge in [0.2, 0.25) is 0 Å². The third kappa shape index (κ3) is 3.81. The maximum absolute atomic E-state index is 13.5. The Morgan fingerprint density at radius 2 is 1.75 bits per heavy atom. The SMILES string of the molecule is O=C(N[C@H](CCl)Cc1ccccc1)c1ccccc1F. The average molecular weight is 292 g/mol. The van der Waals surface area contributed by atoms with E-state index < -0.39 is 11.7 Å². The summed E-state index contributed by atoms with van der Waals surface area (Å²) in [6.07, 6.45) is 0.616. The fraction of sp³-hybridized carbons (Fsp3) is 0.188. The minimum absolute atomic E-state index is 0.0377. The maximum atomic E-state index is 13.5. The Morgan fingerprint density at radius 1 is 1.10 bits per heavy atom. The van der Waals surface area contributed by atoms with E-state index in [9.17, 15) is 9.18 Å². The topological polar surface area (TPSA) is 29.1 Å². The van der Waals surface area contributed by atoms with Crippen molar-refractivity contribution >= 4 is 17.5 Å². The first-order valence-electron chi connectivity index (χ1n) is 6.36. The number of nitrogens with one attached hydrogen (secondary N) is 1. The summed E-state index contributed by atoms with van der Waals surface area (Å²) >= 11 is 5.88. The van der Waals surface area contributed by atoms with Crippen molar-refractivity contribution in [2.75, 3.05) is 5.88 Å². The molecule has 2 aromatic rings. The number of rotatable bonds is 5. The van der Waals surface area contributed by atoms with Gasteiger partial charge in [-0.1, -0.05) is 42.5 Å². The van der Waals surface area contributed by atoms with E-state index in [0.29, 0.717) is 6.42 Å². The molecule has 104 valence electrons. The molecule has 0 saturated heterocycles. The van der Waals surface area contributed by atoms with E-state index in [1.165, 1.54) is 12.1 Å². The van der Waals surface area contributed by atoms with Gasteiger partial charge in [-0.25, -0.2) is 4.39 Å². The fourth-order valence-corrected chi connectivity index (χ4v) is 2.14. The second-order valence-corrected chi connectivity index (χ2v) is 4.80. The van der Waals surface area contributed by atoms with Gasteiger partial charge in [0.15, 0.2) is 0 Å². The molecule has 2 aromatic carbocycles. The summed E-state index contributed by atoms with van der Waals surface area (Å²) in [7, 11) is 0. The highest BCUT2D eigenvalue weighted by atomic mass is 35.5. The number of carbonyl (C=O) groups excluding carboxylic acids is 1. The van der Waals surface area contributed by atoms with Crippen molar-refractivity contribution in [3.8, 4) is 0 Å². The molecule has 1 N–H and O–H groups in total. The summed E-state index contributed by atoms with van der Waals surface area (Å²) in [5, 5.41) is 2.76. The van der Waals surface area contributed by atoms with Crippen LogP contribution in [0, 0.1) is 5.82 Å². The Kier molecular flexibility index (Phi) is 5.13. The Labute approximate surface area is 122 Å². The zero-order chi connectivity index (χ0) is 14.4. The van der Waals surface area contributed by atoms with Crippen molar-refractivity contribution in [1.29, 1.82) is 0 Å². The first-order chi connectivity index (χ1) is 9.70. The van der Waals surface area contributed by atoms with Crippen molar-refractivity contribution in [2.24, 2.45) is 0 Å². The van der Waals surface area contributed by atoms with Gasteiger partial charge in [0.05, 0.1) is 5.56 Å². The smallest absolute Gasteiger partial charge is 0.254 e. The summed E-state index contributed by atoms with van der Waals surface area (Å²) in [5.41, 5.74) is 1.11. The van der Waals surface area contributed by atoms with Gasteiger partial charge in [-0.3, -0.25) is 4.79 Å². The fourth-order valence-electron chi connectivity index (χ4n) is 1.95. The molecule has 0 heterocycles. The molecule has 2 nitrogen and oxygen atoms in total. The first kappa shape index (κ1) is 14.5. The van der Waals surface area contributed by atoms with E-state index >= 15 is 0 Å². The van der Waals surface area contributed by atoms with Crippen LogP contribution in [0.4, 0.5) is 4.39 Å². The van der Waals surface area contributed by atoms with E-state index in [4.69, 9.17) is 11.6 Å².